The van der Waals surface area contributed by atoms with Gasteiger partial charge in [-0.1, -0.05) is 57.2 Å². The summed E-state index contributed by atoms with van der Waals surface area (Å²) in [5, 5.41) is 0. The number of benzene rings is 2. The van der Waals surface area contributed by atoms with Crippen molar-refractivity contribution in [2.75, 3.05) is 6.54 Å². The van der Waals surface area contributed by atoms with E-state index in [1.54, 1.807) is 0 Å². The van der Waals surface area contributed by atoms with Crippen LogP contribution in [0.4, 0.5) is 0 Å². The van der Waals surface area contributed by atoms with Crippen molar-refractivity contribution in [3.63, 3.8) is 0 Å². The van der Waals surface area contributed by atoms with Gasteiger partial charge in [0.2, 0.25) is 0 Å². The zero-order valence-electron chi connectivity index (χ0n) is 13.4. The number of rotatable bonds is 2. The van der Waals surface area contributed by atoms with Gasteiger partial charge in [-0.25, -0.2) is 0 Å². The Labute approximate surface area is 132 Å². The average Bonchev–Trinajstić information content (AvgIpc) is 2.53. The first-order valence-corrected chi connectivity index (χ1v) is 7.72. The number of hydrogen-bond acceptors (Lipinski definition) is 3. The van der Waals surface area contributed by atoms with Gasteiger partial charge in [0.25, 0.3) is 0 Å². The first kappa shape index (κ1) is 14.9. The molecule has 0 saturated heterocycles. The molecule has 0 amide bonds. The lowest BCUT2D eigenvalue weighted by Gasteiger charge is -2.34. The number of nitrogens with two attached hydrogens (primary N) is 1. The fourth-order valence-corrected chi connectivity index (χ4v) is 2.71. The van der Waals surface area contributed by atoms with Gasteiger partial charge in [0, 0.05) is 6.54 Å². The fraction of sp³-hybridized carbons (Fsp3) is 0.368. The van der Waals surface area contributed by atoms with E-state index in [9.17, 15) is 0 Å². The topological polar surface area (TPSA) is 44.5 Å². The summed E-state index contributed by atoms with van der Waals surface area (Å²) in [6.45, 7) is 7.05. The average molecular weight is 297 g/mol. The molecule has 2 atom stereocenters. The van der Waals surface area contributed by atoms with E-state index in [2.05, 4.69) is 45.0 Å². The van der Waals surface area contributed by atoms with Crippen LogP contribution in [-0.2, 0) is 5.41 Å². The van der Waals surface area contributed by atoms with E-state index in [-0.39, 0.29) is 17.6 Å². The molecule has 3 nitrogen and oxygen atoms in total. The Morgan fingerprint density at radius 3 is 2.05 bits per heavy atom. The van der Waals surface area contributed by atoms with Crippen LogP contribution < -0.4 is 15.2 Å². The summed E-state index contributed by atoms with van der Waals surface area (Å²) in [7, 11) is 0. The minimum absolute atomic E-state index is 0.141. The van der Waals surface area contributed by atoms with E-state index < -0.39 is 0 Å². The molecule has 1 aliphatic heterocycles. The molecular formula is C19H23NO2. The third-order valence-corrected chi connectivity index (χ3v) is 4.06. The minimum Gasteiger partial charge on any atom is -0.481 e. The maximum absolute atomic E-state index is 6.14. The van der Waals surface area contributed by atoms with Gasteiger partial charge in [0.1, 0.15) is 0 Å². The Hall–Kier alpha value is -2.00. The van der Waals surface area contributed by atoms with E-state index in [0.29, 0.717) is 6.54 Å². The molecule has 0 aliphatic carbocycles. The fourth-order valence-electron chi connectivity index (χ4n) is 2.71. The van der Waals surface area contributed by atoms with Crippen LogP contribution in [0.2, 0.25) is 0 Å². The van der Waals surface area contributed by atoms with Gasteiger partial charge in [0.05, 0.1) is 0 Å². The van der Waals surface area contributed by atoms with Crippen molar-refractivity contribution >= 4 is 0 Å². The molecule has 0 bridgehead atoms. The van der Waals surface area contributed by atoms with Crippen LogP contribution in [0.25, 0.3) is 0 Å². The molecular weight excluding hydrogens is 274 g/mol. The van der Waals surface area contributed by atoms with Crippen molar-refractivity contribution in [3.8, 4) is 11.5 Å². The van der Waals surface area contributed by atoms with E-state index >= 15 is 0 Å². The van der Waals surface area contributed by atoms with Crippen molar-refractivity contribution < 1.29 is 9.47 Å². The van der Waals surface area contributed by atoms with Crippen molar-refractivity contribution in [1.82, 2.24) is 0 Å². The van der Waals surface area contributed by atoms with Gasteiger partial charge in [-0.05, 0) is 28.7 Å². The molecule has 0 saturated carbocycles. The highest BCUT2D eigenvalue weighted by atomic mass is 16.6. The molecule has 116 valence electrons. The Kier molecular flexibility index (Phi) is 3.83. The quantitative estimate of drug-likeness (QED) is 0.916. The van der Waals surface area contributed by atoms with Crippen molar-refractivity contribution in [3.05, 3.63) is 59.7 Å². The van der Waals surface area contributed by atoms with Gasteiger partial charge in [-0.2, -0.15) is 0 Å². The number of para-hydroxylation sites is 2. The first-order chi connectivity index (χ1) is 10.5. The molecule has 2 aromatic rings. The summed E-state index contributed by atoms with van der Waals surface area (Å²) in [6.07, 6.45) is -0.343. The van der Waals surface area contributed by atoms with E-state index in [1.807, 2.05) is 24.3 Å². The Morgan fingerprint density at radius 2 is 1.50 bits per heavy atom. The van der Waals surface area contributed by atoms with Crippen molar-refractivity contribution in [2.24, 2.45) is 5.73 Å². The first-order valence-electron chi connectivity index (χ1n) is 7.72. The zero-order chi connectivity index (χ0) is 15.7. The lowest BCUT2D eigenvalue weighted by atomic mass is 9.86. The van der Waals surface area contributed by atoms with Crippen LogP contribution >= 0.6 is 0 Å². The summed E-state index contributed by atoms with van der Waals surface area (Å²) in [5.41, 5.74) is 8.42. The Bertz CT molecular complexity index is 643. The third kappa shape index (κ3) is 2.81. The molecule has 3 heteroatoms. The number of ether oxygens (including phenoxy) is 2. The SMILES string of the molecule is CC(C)(C)c1ccc(C2Oc3ccccc3OC2CN)cc1. The third-order valence-electron chi connectivity index (χ3n) is 4.06. The Morgan fingerprint density at radius 1 is 0.909 bits per heavy atom. The van der Waals surface area contributed by atoms with E-state index in [4.69, 9.17) is 15.2 Å². The van der Waals surface area contributed by atoms with Crippen LogP contribution in [0.1, 0.15) is 38.0 Å². The monoisotopic (exact) mass is 297 g/mol. The molecule has 1 heterocycles. The maximum atomic E-state index is 6.14. The summed E-state index contributed by atoms with van der Waals surface area (Å²) >= 11 is 0. The van der Waals surface area contributed by atoms with Crippen molar-refractivity contribution in [1.29, 1.82) is 0 Å². The van der Waals surface area contributed by atoms with Crippen LogP contribution in [0.15, 0.2) is 48.5 Å². The normalized spacial score (nSPS) is 20.7. The van der Waals surface area contributed by atoms with E-state index in [1.165, 1.54) is 5.56 Å². The predicted octanol–water partition coefficient (Wildman–Crippen LogP) is 3.82. The van der Waals surface area contributed by atoms with Crippen LogP contribution in [0, 0.1) is 0 Å². The molecule has 0 fully saturated rings. The van der Waals surface area contributed by atoms with Crippen LogP contribution in [0.5, 0.6) is 11.5 Å². The molecule has 0 radical (unpaired) electrons. The molecule has 0 aromatic heterocycles. The summed E-state index contributed by atoms with van der Waals surface area (Å²) in [5.74, 6) is 1.54. The van der Waals surface area contributed by atoms with Crippen LogP contribution in [0.3, 0.4) is 0 Å². The molecule has 2 aromatic carbocycles. The van der Waals surface area contributed by atoms with E-state index in [0.717, 1.165) is 17.1 Å². The predicted molar refractivity (Wildman–Crippen MR) is 88.4 cm³/mol. The van der Waals surface area contributed by atoms with Gasteiger partial charge in [0.15, 0.2) is 23.7 Å². The van der Waals surface area contributed by atoms with Gasteiger partial charge < -0.3 is 15.2 Å². The molecule has 22 heavy (non-hydrogen) atoms. The summed E-state index contributed by atoms with van der Waals surface area (Å²) < 4.78 is 12.1. The summed E-state index contributed by atoms with van der Waals surface area (Å²) in [4.78, 5) is 0. The summed E-state index contributed by atoms with van der Waals surface area (Å²) in [6, 6.07) is 16.3. The minimum atomic E-state index is -0.172. The highest BCUT2D eigenvalue weighted by molar-refractivity contribution is 5.42. The molecule has 1 aliphatic rings. The van der Waals surface area contributed by atoms with Crippen molar-refractivity contribution in [2.45, 2.75) is 38.4 Å². The Balaban J connectivity index is 1.90. The van der Waals surface area contributed by atoms with Gasteiger partial charge in [-0.3, -0.25) is 0 Å². The second kappa shape index (κ2) is 5.65. The molecule has 2 N–H and O–H groups in total. The van der Waals surface area contributed by atoms with Gasteiger partial charge >= 0.3 is 0 Å². The standard InChI is InChI=1S/C19H23NO2/c1-19(2,3)14-10-8-13(9-11-14)18-17(12-20)21-15-6-4-5-7-16(15)22-18/h4-11,17-18H,12,20H2,1-3H3. The smallest absolute Gasteiger partial charge is 0.162 e. The maximum Gasteiger partial charge on any atom is 0.162 e. The highest BCUT2D eigenvalue weighted by Gasteiger charge is 2.32. The molecule has 2 unspecified atom stereocenters. The second-order valence-corrected chi connectivity index (χ2v) is 6.75. The molecule has 3 rings (SSSR count). The van der Waals surface area contributed by atoms with Crippen LogP contribution in [-0.4, -0.2) is 12.6 Å². The van der Waals surface area contributed by atoms with Gasteiger partial charge in [-0.15, -0.1) is 0 Å². The molecule has 0 spiro atoms. The largest absolute Gasteiger partial charge is 0.481 e. The lowest BCUT2D eigenvalue weighted by molar-refractivity contribution is 0.0249. The lowest BCUT2D eigenvalue weighted by Crippen LogP contribution is -2.38. The number of hydrogen-bond donors (Lipinski definition) is 1. The zero-order valence-corrected chi connectivity index (χ0v) is 13.4. The number of fused-ring (bicyclic) bond motifs is 1. The highest BCUT2D eigenvalue weighted by Crippen LogP contribution is 2.39. The second-order valence-electron chi connectivity index (χ2n) is 6.75.